The number of carbonyl (C=O) groups is 1. The summed E-state index contributed by atoms with van der Waals surface area (Å²) in [7, 11) is 0. The van der Waals surface area contributed by atoms with Crippen LogP contribution >= 0.6 is 0 Å². The molecule has 196 valence electrons. The summed E-state index contributed by atoms with van der Waals surface area (Å²) >= 11 is 0. The SMILES string of the molecule is C[C@@H](NC(=O)C[C@H](c1ccc(F)cc1)c1cn(Cc2ccccc2)c2ccc([N+](=O)[O-])cc12)c1ccccc1. The molecule has 0 aliphatic carbocycles. The van der Waals surface area contributed by atoms with Crippen molar-refractivity contribution in [1.82, 2.24) is 9.88 Å². The number of amides is 1. The van der Waals surface area contributed by atoms with Gasteiger partial charge in [-0.2, -0.15) is 0 Å². The van der Waals surface area contributed by atoms with Gasteiger partial charge in [0, 0.05) is 48.1 Å². The lowest BCUT2D eigenvalue weighted by Gasteiger charge is -2.20. The molecule has 5 aromatic rings. The van der Waals surface area contributed by atoms with E-state index in [1.807, 2.05) is 78.4 Å². The molecule has 1 N–H and O–H groups in total. The quantitative estimate of drug-likeness (QED) is 0.165. The lowest BCUT2D eigenvalue weighted by molar-refractivity contribution is -0.384. The molecular formula is C32H28FN3O3. The van der Waals surface area contributed by atoms with Crippen LogP contribution < -0.4 is 5.32 Å². The first-order valence-corrected chi connectivity index (χ1v) is 12.8. The Morgan fingerprint density at radius 2 is 1.59 bits per heavy atom. The summed E-state index contributed by atoms with van der Waals surface area (Å²) < 4.78 is 15.9. The Hall–Kier alpha value is -4.78. The highest BCUT2D eigenvalue weighted by molar-refractivity contribution is 5.88. The number of halogens is 1. The van der Waals surface area contributed by atoms with Crippen LogP contribution in [0, 0.1) is 15.9 Å². The van der Waals surface area contributed by atoms with Crippen molar-refractivity contribution in [3.63, 3.8) is 0 Å². The van der Waals surface area contributed by atoms with E-state index in [4.69, 9.17) is 0 Å². The van der Waals surface area contributed by atoms with E-state index in [1.54, 1.807) is 24.3 Å². The predicted octanol–water partition coefficient (Wildman–Crippen LogP) is 7.14. The van der Waals surface area contributed by atoms with Crippen molar-refractivity contribution in [3.8, 4) is 0 Å². The third kappa shape index (κ3) is 5.88. The predicted molar refractivity (Wildman–Crippen MR) is 150 cm³/mol. The third-order valence-corrected chi connectivity index (χ3v) is 7.02. The lowest BCUT2D eigenvalue weighted by atomic mass is 9.87. The molecule has 1 aromatic heterocycles. The Labute approximate surface area is 225 Å². The topological polar surface area (TPSA) is 77.2 Å². The van der Waals surface area contributed by atoms with Crippen molar-refractivity contribution in [2.24, 2.45) is 0 Å². The van der Waals surface area contributed by atoms with Gasteiger partial charge in [0.1, 0.15) is 5.82 Å². The highest BCUT2D eigenvalue weighted by Crippen LogP contribution is 2.37. The van der Waals surface area contributed by atoms with Crippen LogP contribution in [0.2, 0.25) is 0 Å². The van der Waals surface area contributed by atoms with Crippen LogP contribution in [0.15, 0.2) is 109 Å². The molecule has 4 aromatic carbocycles. The lowest BCUT2D eigenvalue weighted by Crippen LogP contribution is -2.28. The van der Waals surface area contributed by atoms with Crippen molar-refractivity contribution in [2.45, 2.75) is 31.8 Å². The van der Waals surface area contributed by atoms with Gasteiger partial charge in [-0.05, 0) is 47.4 Å². The van der Waals surface area contributed by atoms with Gasteiger partial charge < -0.3 is 9.88 Å². The number of nitro benzene ring substituents is 1. The van der Waals surface area contributed by atoms with Crippen molar-refractivity contribution < 1.29 is 14.1 Å². The van der Waals surface area contributed by atoms with Gasteiger partial charge in [0.15, 0.2) is 0 Å². The Balaban J connectivity index is 1.57. The highest BCUT2D eigenvalue weighted by Gasteiger charge is 2.25. The number of nitro groups is 1. The normalized spacial score (nSPS) is 12.7. The summed E-state index contributed by atoms with van der Waals surface area (Å²) in [6.07, 6.45) is 2.05. The van der Waals surface area contributed by atoms with Gasteiger partial charge in [-0.25, -0.2) is 4.39 Å². The Morgan fingerprint density at radius 3 is 2.26 bits per heavy atom. The van der Waals surface area contributed by atoms with Gasteiger partial charge in [-0.15, -0.1) is 0 Å². The molecule has 6 nitrogen and oxygen atoms in total. The molecule has 0 saturated heterocycles. The fourth-order valence-electron chi connectivity index (χ4n) is 5.03. The van der Waals surface area contributed by atoms with E-state index in [-0.39, 0.29) is 29.9 Å². The number of carbonyl (C=O) groups excluding carboxylic acids is 1. The Kier molecular flexibility index (Phi) is 7.50. The summed E-state index contributed by atoms with van der Waals surface area (Å²) in [4.78, 5) is 24.6. The second kappa shape index (κ2) is 11.3. The van der Waals surface area contributed by atoms with Crippen molar-refractivity contribution >= 4 is 22.5 Å². The average molecular weight is 522 g/mol. The molecule has 0 aliphatic rings. The largest absolute Gasteiger partial charge is 0.350 e. The minimum Gasteiger partial charge on any atom is -0.350 e. The van der Waals surface area contributed by atoms with E-state index in [0.717, 1.165) is 27.8 Å². The van der Waals surface area contributed by atoms with E-state index < -0.39 is 10.8 Å². The van der Waals surface area contributed by atoms with Gasteiger partial charge in [-0.3, -0.25) is 14.9 Å². The zero-order chi connectivity index (χ0) is 27.4. The van der Waals surface area contributed by atoms with E-state index in [0.29, 0.717) is 11.9 Å². The molecule has 0 saturated carbocycles. The first-order valence-electron chi connectivity index (χ1n) is 12.8. The molecule has 1 heterocycles. The van der Waals surface area contributed by atoms with Crippen molar-refractivity contribution in [1.29, 1.82) is 0 Å². The summed E-state index contributed by atoms with van der Waals surface area (Å²) in [5.41, 5.74) is 4.39. The number of aromatic nitrogens is 1. The smallest absolute Gasteiger partial charge is 0.270 e. The molecular weight excluding hydrogens is 493 g/mol. The average Bonchev–Trinajstić information content (AvgIpc) is 3.30. The van der Waals surface area contributed by atoms with E-state index in [2.05, 4.69) is 5.32 Å². The van der Waals surface area contributed by atoms with Crippen LogP contribution in [0.5, 0.6) is 0 Å². The Bertz CT molecular complexity index is 1600. The molecule has 7 heteroatoms. The molecule has 0 radical (unpaired) electrons. The zero-order valence-corrected chi connectivity index (χ0v) is 21.5. The number of non-ortho nitro benzene ring substituents is 1. The number of nitrogens with one attached hydrogen (secondary N) is 1. The molecule has 0 fully saturated rings. The number of rotatable bonds is 9. The standard InChI is InChI=1S/C32H28FN3O3/c1-22(24-10-6-3-7-11-24)34-32(37)19-28(25-12-14-26(33)15-13-25)30-21-35(20-23-8-4-2-5-9-23)31-17-16-27(36(38)39)18-29(30)31/h2-18,21-22,28H,19-20H2,1H3,(H,34,37)/t22-,28-/m1/s1. The fraction of sp³-hybridized carbons (Fsp3) is 0.156. The number of hydrogen-bond acceptors (Lipinski definition) is 3. The number of nitrogens with zero attached hydrogens (tertiary/aromatic N) is 2. The van der Waals surface area contributed by atoms with Crippen LogP contribution in [0.4, 0.5) is 10.1 Å². The third-order valence-electron chi connectivity index (χ3n) is 7.02. The van der Waals surface area contributed by atoms with Gasteiger partial charge in [0.05, 0.1) is 11.0 Å². The van der Waals surface area contributed by atoms with Crippen LogP contribution in [0.25, 0.3) is 10.9 Å². The van der Waals surface area contributed by atoms with Crippen LogP contribution in [-0.2, 0) is 11.3 Å². The summed E-state index contributed by atoms with van der Waals surface area (Å²) in [6, 6.07) is 30.3. The molecule has 0 aliphatic heterocycles. The van der Waals surface area contributed by atoms with Gasteiger partial charge in [-0.1, -0.05) is 72.8 Å². The molecule has 2 atom stereocenters. The highest BCUT2D eigenvalue weighted by atomic mass is 19.1. The number of fused-ring (bicyclic) bond motifs is 1. The minimum absolute atomic E-state index is 0.0266. The number of hydrogen-bond donors (Lipinski definition) is 1. The van der Waals surface area contributed by atoms with Crippen LogP contribution in [0.3, 0.4) is 0 Å². The zero-order valence-electron chi connectivity index (χ0n) is 21.5. The fourth-order valence-corrected chi connectivity index (χ4v) is 5.03. The van der Waals surface area contributed by atoms with Crippen LogP contribution in [0.1, 0.15) is 47.6 Å². The van der Waals surface area contributed by atoms with Gasteiger partial charge >= 0.3 is 0 Å². The van der Waals surface area contributed by atoms with E-state index >= 15 is 0 Å². The number of benzene rings is 4. The molecule has 0 bridgehead atoms. The van der Waals surface area contributed by atoms with Gasteiger partial charge in [0.25, 0.3) is 5.69 Å². The van der Waals surface area contributed by atoms with Crippen molar-refractivity contribution in [3.05, 3.63) is 148 Å². The first-order chi connectivity index (χ1) is 18.9. The first kappa shape index (κ1) is 25.9. The molecule has 1 amide bonds. The second-order valence-electron chi connectivity index (χ2n) is 9.66. The maximum Gasteiger partial charge on any atom is 0.270 e. The maximum absolute atomic E-state index is 13.9. The van der Waals surface area contributed by atoms with Crippen molar-refractivity contribution in [2.75, 3.05) is 0 Å². The monoisotopic (exact) mass is 521 g/mol. The van der Waals surface area contributed by atoms with E-state index in [9.17, 15) is 19.3 Å². The van der Waals surface area contributed by atoms with E-state index in [1.165, 1.54) is 18.2 Å². The minimum atomic E-state index is -0.449. The summed E-state index contributed by atoms with van der Waals surface area (Å²) in [6.45, 7) is 2.48. The molecule has 39 heavy (non-hydrogen) atoms. The van der Waals surface area contributed by atoms with Crippen LogP contribution in [-0.4, -0.2) is 15.4 Å². The Morgan fingerprint density at radius 1 is 0.923 bits per heavy atom. The molecule has 5 rings (SSSR count). The second-order valence-corrected chi connectivity index (χ2v) is 9.66. The molecule has 0 spiro atoms. The van der Waals surface area contributed by atoms with Gasteiger partial charge in [0.2, 0.25) is 5.91 Å². The maximum atomic E-state index is 13.9. The molecule has 0 unspecified atom stereocenters. The summed E-state index contributed by atoms with van der Waals surface area (Å²) in [5.74, 6) is -0.994. The summed E-state index contributed by atoms with van der Waals surface area (Å²) in [5, 5.41) is 15.4.